The first-order valence-electron chi connectivity index (χ1n) is 10.0. The van der Waals surface area contributed by atoms with Crippen LogP contribution in [0.2, 0.25) is 0 Å². The molecule has 0 aromatic carbocycles. The van der Waals surface area contributed by atoms with Crippen LogP contribution in [-0.2, 0) is 13.6 Å². The number of nitrogens with zero attached hydrogens (tertiary/aromatic N) is 5. The first-order valence-corrected chi connectivity index (χ1v) is 10.8. The van der Waals surface area contributed by atoms with Crippen molar-refractivity contribution in [2.24, 2.45) is 12.8 Å². The van der Waals surface area contributed by atoms with E-state index in [1.807, 2.05) is 13.8 Å². The quantitative estimate of drug-likeness (QED) is 0.441. The van der Waals surface area contributed by atoms with Gasteiger partial charge in [0.05, 0.1) is 11.9 Å². The highest BCUT2D eigenvalue weighted by atomic mass is 32.1. The van der Waals surface area contributed by atoms with E-state index in [0.29, 0.717) is 23.1 Å². The number of anilines is 1. The number of carbonyl (C=O) groups is 2. The maximum Gasteiger partial charge on any atom is 0.280 e. The molecule has 3 N–H and O–H groups in total. The predicted molar refractivity (Wildman–Crippen MR) is 121 cm³/mol. The predicted octanol–water partition coefficient (Wildman–Crippen LogP) is 3.82. The zero-order valence-electron chi connectivity index (χ0n) is 18.3. The summed E-state index contributed by atoms with van der Waals surface area (Å²) in [6.45, 7) is 6.10. The van der Waals surface area contributed by atoms with Crippen LogP contribution in [0.25, 0.3) is 21.3 Å². The van der Waals surface area contributed by atoms with Crippen molar-refractivity contribution in [1.29, 1.82) is 0 Å². The minimum atomic E-state index is -2.83. The van der Waals surface area contributed by atoms with Crippen LogP contribution in [0.15, 0.2) is 18.3 Å². The van der Waals surface area contributed by atoms with Crippen LogP contribution in [0.5, 0.6) is 0 Å². The van der Waals surface area contributed by atoms with Gasteiger partial charge in [0.2, 0.25) is 0 Å². The van der Waals surface area contributed by atoms with Crippen LogP contribution in [0, 0.1) is 13.8 Å². The highest BCUT2D eigenvalue weighted by molar-refractivity contribution is 7.21. The summed E-state index contributed by atoms with van der Waals surface area (Å²) in [5.74, 6) is -1.37. The molecule has 0 fully saturated rings. The number of alkyl halides is 2. The van der Waals surface area contributed by atoms with Crippen molar-refractivity contribution in [1.82, 2.24) is 24.5 Å². The van der Waals surface area contributed by atoms with Gasteiger partial charge in [-0.15, -0.1) is 11.3 Å². The number of nitrogens with two attached hydrogens (primary N) is 1. The van der Waals surface area contributed by atoms with Crippen molar-refractivity contribution in [2.75, 3.05) is 5.32 Å². The molecule has 4 rings (SSSR count). The molecule has 4 heterocycles. The van der Waals surface area contributed by atoms with Crippen LogP contribution >= 0.6 is 11.3 Å². The Morgan fingerprint density at radius 3 is 2.52 bits per heavy atom. The Balaban J connectivity index is 1.98. The minimum absolute atomic E-state index is 0.00621. The Bertz CT molecular complexity index is 1380. The van der Waals surface area contributed by atoms with Gasteiger partial charge in [-0.3, -0.25) is 19.0 Å². The Hall–Kier alpha value is -3.67. The lowest BCUT2D eigenvalue weighted by Crippen LogP contribution is -2.17. The van der Waals surface area contributed by atoms with Gasteiger partial charge in [-0.2, -0.15) is 10.2 Å². The molecule has 4 aromatic heterocycles. The van der Waals surface area contributed by atoms with Crippen molar-refractivity contribution in [3.63, 3.8) is 0 Å². The van der Waals surface area contributed by atoms with E-state index in [4.69, 9.17) is 5.73 Å². The number of hydrogen-bond donors (Lipinski definition) is 2. The number of fused-ring (bicyclic) bond motifs is 1. The van der Waals surface area contributed by atoms with E-state index in [2.05, 4.69) is 20.5 Å². The first kappa shape index (κ1) is 22.5. The number of rotatable bonds is 6. The average Bonchev–Trinajstić information content (AvgIpc) is 3.42. The number of amides is 2. The van der Waals surface area contributed by atoms with Crippen molar-refractivity contribution in [3.8, 4) is 11.1 Å². The van der Waals surface area contributed by atoms with Gasteiger partial charge in [0.1, 0.15) is 15.4 Å². The van der Waals surface area contributed by atoms with Crippen molar-refractivity contribution >= 4 is 39.1 Å². The van der Waals surface area contributed by atoms with E-state index in [1.54, 1.807) is 35.6 Å². The molecule has 33 heavy (non-hydrogen) atoms. The summed E-state index contributed by atoms with van der Waals surface area (Å²) < 4.78 is 30.6. The molecule has 0 aliphatic heterocycles. The summed E-state index contributed by atoms with van der Waals surface area (Å²) >= 11 is 0.850. The Morgan fingerprint density at radius 2 is 1.97 bits per heavy atom. The lowest BCUT2D eigenvalue weighted by Gasteiger charge is -2.10. The summed E-state index contributed by atoms with van der Waals surface area (Å²) in [5, 5.41) is 11.5. The fourth-order valence-electron chi connectivity index (χ4n) is 3.61. The molecular weight excluding hydrogens is 452 g/mol. The molecule has 0 radical (unpaired) electrons. The van der Waals surface area contributed by atoms with E-state index in [9.17, 15) is 18.4 Å². The fraction of sp³-hybridized carbons (Fsp3) is 0.286. The van der Waals surface area contributed by atoms with Crippen LogP contribution in [0.1, 0.15) is 50.6 Å². The molecule has 0 atom stereocenters. The van der Waals surface area contributed by atoms with Crippen molar-refractivity contribution in [3.05, 3.63) is 46.0 Å². The SMILES string of the molecule is CCn1ncc(-c2cc(C(F)F)nc3sc(C(N)=O)c(NC(=O)c4cc(C)n(C)n4)c23)c1C. The number of halogens is 2. The zero-order valence-corrected chi connectivity index (χ0v) is 19.1. The molecule has 0 aliphatic carbocycles. The third-order valence-electron chi connectivity index (χ3n) is 5.41. The van der Waals surface area contributed by atoms with Crippen LogP contribution in [0.4, 0.5) is 14.5 Å². The lowest BCUT2D eigenvalue weighted by atomic mass is 10.0. The molecule has 0 saturated carbocycles. The molecule has 4 aromatic rings. The molecule has 12 heteroatoms. The molecule has 0 spiro atoms. The minimum Gasteiger partial charge on any atom is -0.365 e. The van der Waals surface area contributed by atoms with Crippen LogP contribution in [0.3, 0.4) is 0 Å². The number of primary amides is 1. The van der Waals surface area contributed by atoms with Gasteiger partial charge in [0, 0.05) is 35.9 Å². The fourth-order valence-corrected chi connectivity index (χ4v) is 4.63. The second-order valence-electron chi connectivity index (χ2n) is 7.45. The molecular formula is C21H21F2N7O2S. The maximum atomic E-state index is 13.6. The number of carbonyl (C=O) groups excluding carboxylic acids is 2. The van der Waals surface area contributed by atoms with Crippen molar-refractivity contribution < 1.29 is 18.4 Å². The van der Waals surface area contributed by atoms with Gasteiger partial charge < -0.3 is 11.1 Å². The standard InChI is InChI=1S/C21H21F2N7O2S/c1-5-30-10(3)12(8-25-30)11-7-13(18(22)23)26-21-15(11)16(17(33-21)19(24)31)27-20(32)14-6-9(2)29(4)28-14/h6-8,18H,5H2,1-4H3,(H2,24,31)(H,27,32). The number of nitrogens with one attached hydrogen (secondary N) is 1. The van der Waals surface area contributed by atoms with Gasteiger partial charge >= 0.3 is 0 Å². The van der Waals surface area contributed by atoms with E-state index in [-0.39, 0.29) is 21.1 Å². The van der Waals surface area contributed by atoms with Gasteiger partial charge in [-0.1, -0.05) is 0 Å². The average molecular weight is 474 g/mol. The summed E-state index contributed by atoms with van der Waals surface area (Å²) in [5.41, 5.74) is 7.85. The Kier molecular flexibility index (Phi) is 5.70. The molecule has 0 saturated heterocycles. The molecule has 2 amide bonds. The van der Waals surface area contributed by atoms with E-state index < -0.39 is 23.9 Å². The second-order valence-corrected chi connectivity index (χ2v) is 8.45. The lowest BCUT2D eigenvalue weighted by molar-refractivity contribution is 0.100. The smallest absolute Gasteiger partial charge is 0.280 e. The van der Waals surface area contributed by atoms with Gasteiger partial charge in [0.25, 0.3) is 18.2 Å². The highest BCUT2D eigenvalue weighted by Gasteiger charge is 2.27. The van der Waals surface area contributed by atoms with E-state index in [0.717, 1.165) is 22.7 Å². The number of aryl methyl sites for hydroxylation is 3. The number of hydrogen-bond acceptors (Lipinski definition) is 6. The third-order valence-corrected chi connectivity index (χ3v) is 6.51. The first-order chi connectivity index (χ1) is 15.6. The number of aromatic nitrogens is 5. The number of pyridine rings is 1. The summed E-state index contributed by atoms with van der Waals surface area (Å²) in [6.07, 6.45) is -1.26. The normalized spacial score (nSPS) is 11.5. The van der Waals surface area contributed by atoms with Crippen molar-refractivity contribution in [2.45, 2.75) is 33.7 Å². The summed E-state index contributed by atoms with van der Waals surface area (Å²) in [4.78, 5) is 29.4. The third kappa shape index (κ3) is 3.86. The van der Waals surface area contributed by atoms with Crippen LogP contribution < -0.4 is 11.1 Å². The van der Waals surface area contributed by atoms with Crippen LogP contribution in [-0.4, -0.2) is 36.4 Å². The molecule has 0 aliphatic rings. The summed E-state index contributed by atoms with van der Waals surface area (Å²) in [7, 11) is 1.70. The topological polar surface area (TPSA) is 121 Å². The van der Waals surface area contributed by atoms with Gasteiger partial charge in [0.15, 0.2) is 5.69 Å². The molecule has 0 bridgehead atoms. The molecule has 0 unspecified atom stereocenters. The Morgan fingerprint density at radius 1 is 1.24 bits per heavy atom. The Labute approximate surface area is 191 Å². The molecule has 9 nitrogen and oxygen atoms in total. The van der Waals surface area contributed by atoms with Gasteiger partial charge in [-0.25, -0.2) is 13.8 Å². The molecule has 172 valence electrons. The second kappa shape index (κ2) is 8.35. The highest BCUT2D eigenvalue weighted by Crippen LogP contribution is 2.43. The zero-order chi connectivity index (χ0) is 24.0. The monoisotopic (exact) mass is 473 g/mol. The number of thiophene rings is 1. The summed E-state index contributed by atoms with van der Waals surface area (Å²) in [6, 6.07) is 2.85. The van der Waals surface area contributed by atoms with E-state index >= 15 is 0 Å². The van der Waals surface area contributed by atoms with E-state index in [1.165, 1.54) is 6.07 Å². The van der Waals surface area contributed by atoms with Gasteiger partial charge in [-0.05, 0) is 38.5 Å². The largest absolute Gasteiger partial charge is 0.365 e. The maximum absolute atomic E-state index is 13.6.